The molecule has 0 aliphatic carbocycles. The molecule has 13 heteroatoms. The van der Waals surface area contributed by atoms with Gasteiger partial charge in [0, 0.05) is 0 Å². The van der Waals surface area contributed by atoms with Gasteiger partial charge in [-0.3, -0.25) is 0 Å². The summed E-state index contributed by atoms with van der Waals surface area (Å²) in [6, 6.07) is 15.4. The molecule has 0 unspecified atom stereocenters. The highest BCUT2D eigenvalue weighted by atomic mass is 32.1. The molecule has 0 saturated heterocycles. The van der Waals surface area contributed by atoms with Crippen molar-refractivity contribution in [3.05, 3.63) is 59.9 Å². The van der Waals surface area contributed by atoms with E-state index < -0.39 is 0 Å². The van der Waals surface area contributed by atoms with Crippen molar-refractivity contribution in [1.29, 1.82) is 0 Å². The minimum Gasteiger partial charge on any atom is -0.494 e. The van der Waals surface area contributed by atoms with Gasteiger partial charge in [0.15, 0.2) is 10.7 Å². The van der Waals surface area contributed by atoms with Gasteiger partial charge in [0.1, 0.15) is 17.2 Å². The van der Waals surface area contributed by atoms with Gasteiger partial charge < -0.3 is 9.47 Å². The van der Waals surface area contributed by atoms with E-state index >= 15 is 0 Å². The van der Waals surface area contributed by atoms with Crippen molar-refractivity contribution in [3.8, 4) is 45.1 Å². The summed E-state index contributed by atoms with van der Waals surface area (Å²) < 4.78 is 16.3. The highest BCUT2D eigenvalue weighted by molar-refractivity contribution is 7.19. The molecule has 0 N–H and O–H groups in total. The van der Waals surface area contributed by atoms with Gasteiger partial charge >= 0.3 is 0 Å². The molecule has 0 spiro atoms. The summed E-state index contributed by atoms with van der Waals surface area (Å²) in [5, 5.41) is 31.6. The average molecular weight is 529 g/mol. The molecule has 0 bridgehead atoms. The zero-order valence-electron chi connectivity index (χ0n) is 21.2. The lowest BCUT2D eigenvalue weighted by Crippen LogP contribution is -2.00. The lowest BCUT2D eigenvalue weighted by atomic mass is 10.2. The highest BCUT2D eigenvalue weighted by Gasteiger charge is 2.23. The smallest absolute Gasteiger partial charge is 0.235 e. The molecule has 4 heterocycles. The maximum Gasteiger partial charge on any atom is 0.235 e. The van der Waals surface area contributed by atoms with Gasteiger partial charge in [-0.25, -0.2) is 9.36 Å². The number of ether oxygens (including phenoxy) is 2. The Balaban J connectivity index is 1.32. The van der Waals surface area contributed by atoms with Crippen LogP contribution in [0, 0.1) is 13.8 Å². The lowest BCUT2D eigenvalue weighted by molar-refractivity contribution is 0.340. The summed E-state index contributed by atoms with van der Waals surface area (Å²) in [6.45, 7) is 9.04. The van der Waals surface area contributed by atoms with Crippen molar-refractivity contribution in [2.75, 3.05) is 13.2 Å². The van der Waals surface area contributed by atoms with Gasteiger partial charge in [-0.2, -0.15) is 9.61 Å². The van der Waals surface area contributed by atoms with E-state index in [4.69, 9.17) is 14.6 Å². The molecule has 0 aliphatic heterocycles. The first-order chi connectivity index (χ1) is 18.6. The van der Waals surface area contributed by atoms with E-state index in [2.05, 4.69) is 30.8 Å². The van der Waals surface area contributed by atoms with Gasteiger partial charge in [-0.1, -0.05) is 21.8 Å². The first-order valence-corrected chi connectivity index (χ1v) is 12.9. The molecule has 0 fully saturated rings. The van der Waals surface area contributed by atoms with Crippen LogP contribution in [0.3, 0.4) is 0 Å². The summed E-state index contributed by atoms with van der Waals surface area (Å²) in [5.74, 6) is 2.12. The third-order valence-corrected chi connectivity index (χ3v) is 6.88. The van der Waals surface area contributed by atoms with E-state index in [1.165, 1.54) is 11.3 Å². The van der Waals surface area contributed by atoms with E-state index in [0.29, 0.717) is 40.4 Å². The van der Waals surface area contributed by atoms with Crippen LogP contribution < -0.4 is 9.47 Å². The van der Waals surface area contributed by atoms with Crippen molar-refractivity contribution in [2.45, 2.75) is 27.7 Å². The number of nitrogens with zero attached hydrogens (tertiary/aromatic N) is 10. The molecule has 38 heavy (non-hydrogen) atoms. The summed E-state index contributed by atoms with van der Waals surface area (Å²) in [7, 11) is 0. The van der Waals surface area contributed by atoms with Crippen LogP contribution in [0.4, 0.5) is 0 Å². The van der Waals surface area contributed by atoms with Gasteiger partial charge in [0.05, 0.1) is 36.0 Å². The molecule has 0 atom stereocenters. The topological polar surface area (TPSA) is 123 Å². The number of rotatable bonds is 8. The van der Waals surface area contributed by atoms with Crippen LogP contribution in [0.5, 0.6) is 11.5 Å². The van der Waals surface area contributed by atoms with E-state index in [9.17, 15) is 0 Å². The fraction of sp³-hybridized carbons (Fsp3) is 0.240. The summed E-state index contributed by atoms with van der Waals surface area (Å²) >= 11 is 1.39. The predicted octanol–water partition coefficient (Wildman–Crippen LogP) is 4.10. The Morgan fingerprint density at radius 1 is 0.684 bits per heavy atom. The SMILES string of the molecule is CCOc1ccc(-n2nnc(-c3nn4c(-c5nnn(-c6ccc(OCC)cc6)c5C)nnc4s3)c2C)cc1. The van der Waals surface area contributed by atoms with E-state index in [1.807, 2.05) is 76.2 Å². The maximum absolute atomic E-state index is 5.54. The molecule has 4 aromatic heterocycles. The van der Waals surface area contributed by atoms with Gasteiger partial charge in [0.2, 0.25) is 10.8 Å². The standard InChI is InChI=1S/C25H24N10O2S/c1-5-36-19-11-7-17(8-12-19)33-15(3)21(26-31-33)23-28-29-25-35(23)30-24(38-25)22-16(4)34(32-27-22)18-9-13-20(14-10-18)37-6-2/h7-14H,5-6H2,1-4H3. The average Bonchev–Trinajstić information content (AvgIpc) is 3.69. The molecule has 6 aromatic rings. The predicted molar refractivity (Wildman–Crippen MR) is 141 cm³/mol. The Hall–Kier alpha value is -4.65. The van der Waals surface area contributed by atoms with Crippen molar-refractivity contribution >= 4 is 16.3 Å². The molecule has 12 nitrogen and oxygen atoms in total. The van der Waals surface area contributed by atoms with Crippen molar-refractivity contribution in [3.63, 3.8) is 0 Å². The van der Waals surface area contributed by atoms with Crippen molar-refractivity contribution in [1.82, 2.24) is 49.8 Å². The quantitative estimate of drug-likeness (QED) is 0.287. The molecule has 0 aliphatic rings. The number of hydrogen-bond donors (Lipinski definition) is 0. The molecular formula is C25H24N10O2S. The molecular weight excluding hydrogens is 504 g/mol. The minimum absolute atomic E-state index is 0.508. The first kappa shape index (κ1) is 23.7. The Labute approximate surface area is 221 Å². The molecule has 2 aromatic carbocycles. The summed E-state index contributed by atoms with van der Waals surface area (Å²) in [6.07, 6.45) is 0. The van der Waals surface area contributed by atoms with Crippen LogP contribution in [-0.2, 0) is 0 Å². The summed E-state index contributed by atoms with van der Waals surface area (Å²) in [5.41, 5.74) is 4.70. The molecule has 192 valence electrons. The lowest BCUT2D eigenvalue weighted by Gasteiger charge is -2.06. The monoisotopic (exact) mass is 528 g/mol. The van der Waals surface area contributed by atoms with Gasteiger partial charge in [-0.15, -0.1) is 20.4 Å². The summed E-state index contributed by atoms with van der Waals surface area (Å²) in [4.78, 5) is 0.625. The van der Waals surface area contributed by atoms with Crippen molar-refractivity contribution in [2.24, 2.45) is 0 Å². The third kappa shape index (κ3) is 4.06. The van der Waals surface area contributed by atoms with Gasteiger partial charge in [0.25, 0.3) is 0 Å². The Morgan fingerprint density at radius 2 is 1.21 bits per heavy atom. The minimum atomic E-state index is 0.508. The molecule has 0 amide bonds. The molecule has 6 rings (SSSR count). The number of benzene rings is 2. The van der Waals surface area contributed by atoms with Crippen LogP contribution in [0.2, 0.25) is 0 Å². The normalized spacial score (nSPS) is 11.4. The number of fused-ring (bicyclic) bond motifs is 1. The van der Waals surface area contributed by atoms with Gasteiger partial charge in [-0.05, 0) is 76.2 Å². The number of hydrogen-bond acceptors (Lipinski definition) is 10. The largest absolute Gasteiger partial charge is 0.494 e. The van der Waals surface area contributed by atoms with E-state index in [0.717, 1.165) is 34.3 Å². The highest BCUT2D eigenvalue weighted by Crippen LogP contribution is 2.30. The molecule has 0 saturated carbocycles. The Morgan fingerprint density at radius 3 is 1.76 bits per heavy atom. The fourth-order valence-electron chi connectivity index (χ4n) is 4.11. The number of aromatic nitrogens is 10. The second-order valence-corrected chi connectivity index (χ2v) is 9.31. The van der Waals surface area contributed by atoms with Crippen LogP contribution in [0.1, 0.15) is 25.2 Å². The maximum atomic E-state index is 5.54. The zero-order valence-corrected chi connectivity index (χ0v) is 22.0. The van der Waals surface area contributed by atoms with Crippen molar-refractivity contribution < 1.29 is 9.47 Å². The van der Waals surface area contributed by atoms with E-state index in [-0.39, 0.29) is 0 Å². The van der Waals surface area contributed by atoms with Crippen LogP contribution in [0.15, 0.2) is 48.5 Å². The second kappa shape index (κ2) is 9.67. The van der Waals surface area contributed by atoms with Crippen LogP contribution in [-0.4, -0.2) is 63.0 Å². The molecule has 0 radical (unpaired) electrons. The Bertz CT molecular complexity index is 1710. The fourth-order valence-corrected chi connectivity index (χ4v) is 4.99. The Kier molecular flexibility index (Phi) is 6.04. The van der Waals surface area contributed by atoms with E-state index in [1.54, 1.807) is 13.9 Å². The third-order valence-electron chi connectivity index (χ3n) is 5.98. The zero-order chi connectivity index (χ0) is 26.2. The first-order valence-electron chi connectivity index (χ1n) is 12.1. The second-order valence-electron chi connectivity index (χ2n) is 8.35. The van der Waals surface area contributed by atoms with Crippen LogP contribution in [0.25, 0.3) is 38.6 Å². The van der Waals surface area contributed by atoms with Crippen LogP contribution >= 0.6 is 11.3 Å².